The molecule has 0 saturated carbocycles. The molecule has 1 aromatic carbocycles. The van der Waals surface area contributed by atoms with E-state index in [4.69, 9.17) is 0 Å². The molecule has 156 valence electrons. The first-order valence-electron chi connectivity index (χ1n) is 10.8. The van der Waals surface area contributed by atoms with Gasteiger partial charge in [0.15, 0.2) is 0 Å². The molecule has 4 rings (SSSR count). The quantitative estimate of drug-likeness (QED) is 0.826. The Morgan fingerprint density at radius 1 is 1.10 bits per heavy atom. The molecule has 1 atom stereocenters. The van der Waals surface area contributed by atoms with E-state index in [0.717, 1.165) is 50.3 Å². The van der Waals surface area contributed by atoms with Gasteiger partial charge in [0.05, 0.1) is 4.88 Å². The van der Waals surface area contributed by atoms with E-state index in [-0.39, 0.29) is 17.4 Å². The van der Waals surface area contributed by atoms with E-state index >= 15 is 0 Å². The number of anilines is 1. The molecule has 0 bridgehead atoms. The van der Waals surface area contributed by atoms with Gasteiger partial charge in [-0.2, -0.15) is 0 Å². The summed E-state index contributed by atoms with van der Waals surface area (Å²) in [5.41, 5.74) is 4.36. The Hall–Kier alpha value is -1.85. The Labute approximate surface area is 178 Å². The van der Waals surface area contributed by atoms with Crippen molar-refractivity contribution < 1.29 is 4.79 Å². The summed E-state index contributed by atoms with van der Waals surface area (Å²) in [6.45, 7) is 11.0. The van der Waals surface area contributed by atoms with E-state index in [0.29, 0.717) is 0 Å². The molecular formula is C24H33N3OS. The molecule has 1 saturated heterocycles. The van der Waals surface area contributed by atoms with Crippen molar-refractivity contribution in [2.45, 2.75) is 51.5 Å². The van der Waals surface area contributed by atoms with Crippen LogP contribution in [0.2, 0.25) is 0 Å². The van der Waals surface area contributed by atoms with E-state index < -0.39 is 0 Å². The van der Waals surface area contributed by atoms with Gasteiger partial charge >= 0.3 is 0 Å². The summed E-state index contributed by atoms with van der Waals surface area (Å²) >= 11 is 1.62. The number of nitrogens with one attached hydrogen (secondary N) is 1. The molecular weight excluding hydrogens is 378 g/mol. The number of hydrogen-bond donors (Lipinski definition) is 1. The largest absolute Gasteiger partial charge is 0.369 e. The summed E-state index contributed by atoms with van der Waals surface area (Å²) < 4.78 is 0. The summed E-state index contributed by atoms with van der Waals surface area (Å²) in [4.78, 5) is 19.9. The van der Waals surface area contributed by atoms with Crippen molar-refractivity contribution in [2.75, 3.05) is 38.1 Å². The highest BCUT2D eigenvalue weighted by atomic mass is 32.1. The van der Waals surface area contributed by atoms with Crippen molar-refractivity contribution in [3.8, 4) is 0 Å². The fourth-order valence-corrected chi connectivity index (χ4v) is 5.32. The fourth-order valence-electron chi connectivity index (χ4n) is 4.36. The number of piperazine rings is 1. The monoisotopic (exact) mass is 411 g/mol. The maximum absolute atomic E-state index is 12.9. The van der Waals surface area contributed by atoms with Crippen LogP contribution in [0, 0.1) is 0 Å². The molecule has 29 heavy (non-hydrogen) atoms. The predicted octanol–water partition coefficient (Wildman–Crippen LogP) is 4.08. The molecule has 1 aromatic heterocycles. The Kier molecular flexibility index (Phi) is 5.71. The summed E-state index contributed by atoms with van der Waals surface area (Å²) in [5.74, 6) is 0.0797. The van der Waals surface area contributed by atoms with Crippen LogP contribution in [0.15, 0.2) is 30.3 Å². The van der Waals surface area contributed by atoms with Crippen molar-refractivity contribution in [1.29, 1.82) is 0 Å². The fraction of sp³-hybridized carbons (Fsp3) is 0.542. The average molecular weight is 412 g/mol. The smallest absolute Gasteiger partial charge is 0.261 e. The number of nitrogens with zero attached hydrogens (tertiary/aromatic N) is 2. The highest BCUT2D eigenvalue weighted by molar-refractivity contribution is 7.14. The van der Waals surface area contributed by atoms with Gasteiger partial charge in [-0.3, -0.25) is 4.79 Å². The first-order valence-corrected chi connectivity index (χ1v) is 11.6. The molecule has 1 amide bonds. The van der Waals surface area contributed by atoms with E-state index in [1.807, 2.05) is 6.07 Å². The first kappa shape index (κ1) is 20.4. The van der Waals surface area contributed by atoms with Crippen molar-refractivity contribution in [3.63, 3.8) is 0 Å². The molecule has 0 radical (unpaired) electrons. The van der Waals surface area contributed by atoms with E-state index in [1.54, 1.807) is 11.3 Å². The van der Waals surface area contributed by atoms with Gasteiger partial charge in [-0.15, -0.1) is 11.3 Å². The molecule has 2 aromatic rings. The molecule has 2 heterocycles. The Morgan fingerprint density at radius 2 is 1.86 bits per heavy atom. The number of carbonyl (C=O) groups excluding carboxylic acids is 1. The molecule has 1 fully saturated rings. The third-order valence-corrected chi connectivity index (χ3v) is 7.72. The van der Waals surface area contributed by atoms with Gasteiger partial charge in [-0.1, -0.05) is 32.9 Å². The normalized spacial score (nSPS) is 20.4. The molecule has 1 aliphatic heterocycles. The summed E-state index contributed by atoms with van der Waals surface area (Å²) in [7, 11) is 2.19. The number of rotatable bonds is 3. The number of thiophene rings is 1. The summed E-state index contributed by atoms with van der Waals surface area (Å²) in [6, 6.07) is 11.0. The first-order chi connectivity index (χ1) is 13.8. The minimum atomic E-state index is 0.0797. The SMILES string of the molecule is CN1CCN(c2cccc3c2C[C@H](NC(=O)c2ccc(C(C)(C)C)s2)CC3)CC1. The Bertz CT molecular complexity index is 874. The van der Waals surface area contributed by atoms with E-state index in [2.05, 4.69) is 67.2 Å². The standard InChI is InChI=1S/C24H33N3OS/c1-24(2,3)22-11-10-21(29-22)23(28)25-18-9-8-17-6-5-7-20(19(17)16-18)27-14-12-26(4)13-15-27/h5-7,10-11,18H,8-9,12-16H2,1-4H3,(H,25,28)/t18-/m1/s1. The lowest BCUT2D eigenvalue weighted by atomic mass is 9.86. The number of carbonyl (C=O) groups is 1. The van der Waals surface area contributed by atoms with Gasteiger partial charge in [-0.05, 0) is 61.1 Å². The number of hydrogen-bond acceptors (Lipinski definition) is 4. The second-order valence-electron chi connectivity index (χ2n) is 9.53. The van der Waals surface area contributed by atoms with Crippen LogP contribution in [-0.4, -0.2) is 50.1 Å². The average Bonchev–Trinajstić information content (AvgIpc) is 3.19. The number of fused-ring (bicyclic) bond motifs is 1. The number of aryl methyl sites for hydroxylation is 1. The van der Waals surface area contributed by atoms with Crippen LogP contribution in [0.3, 0.4) is 0 Å². The maximum Gasteiger partial charge on any atom is 0.261 e. The van der Waals surface area contributed by atoms with Crippen molar-refractivity contribution in [1.82, 2.24) is 10.2 Å². The maximum atomic E-state index is 12.9. The molecule has 4 nitrogen and oxygen atoms in total. The molecule has 0 spiro atoms. The molecule has 1 aliphatic carbocycles. The minimum absolute atomic E-state index is 0.0797. The number of benzene rings is 1. The van der Waals surface area contributed by atoms with Crippen LogP contribution in [0.25, 0.3) is 0 Å². The van der Waals surface area contributed by atoms with Crippen LogP contribution in [0.1, 0.15) is 52.9 Å². The van der Waals surface area contributed by atoms with Crippen LogP contribution in [-0.2, 0) is 18.3 Å². The zero-order chi connectivity index (χ0) is 20.6. The van der Waals surface area contributed by atoms with Gasteiger partial charge in [0.1, 0.15) is 0 Å². The van der Waals surface area contributed by atoms with Gasteiger partial charge < -0.3 is 15.1 Å². The minimum Gasteiger partial charge on any atom is -0.369 e. The lowest BCUT2D eigenvalue weighted by Gasteiger charge is -2.37. The third kappa shape index (κ3) is 4.51. The molecule has 1 N–H and O–H groups in total. The Morgan fingerprint density at radius 3 is 2.55 bits per heavy atom. The third-order valence-electron chi connectivity index (χ3n) is 6.21. The topological polar surface area (TPSA) is 35.6 Å². The lowest BCUT2D eigenvalue weighted by molar-refractivity contribution is 0.0938. The molecule has 0 unspecified atom stereocenters. The second-order valence-corrected chi connectivity index (χ2v) is 10.6. The van der Waals surface area contributed by atoms with E-state index in [9.17, 15) is 4.79 Å². The Balaban J connectivity index is 1.47. The van der Waals surface area contributed by atoms with Gasteiger partial charge in [-0.25, -0.2) is 0 Å². The number of amides is 1. The molecule has 5 heteroatoms. The van der Waals surface area contributed by atoms with Crippen LogP contribution >= 0.6 is 11.3 Å². The van der Waals surface area contributed by atoms with Gasteiger partial charge in [0, 0.05) is 42.8 Å². The van der Waals surface area contributed by atoms with E-state index in [1.165, 1.54) is 21.7 Å². The van der Waals surface area contributed by atoms with Gasteiger partial charge in [0.2, 0.25) is 0 Å². The van der Waals surface area contributed by atoms with Crippen LogP contribution in [0.5, 0.6) is 0 Å². The lowest BCUT2D eigenvalue weighted by Crippen LogP contribution is -2.45. The van der Waals surface area contributed by atoms with Crippen molar-refractivity contribution in [3.05, 3.63) is 51.2 Å². The summed E-state index contributed by atoms with van der Waals surface area (Å²) in [6.07, 6.45) is 2.99. The van der Waals surface area contributed by atoms with Gasteiger partial charge in [0.25, 0.3) is 5.91 Å². The zero-order valence-electron chi connectivity index (χ0n) is 18.1. The second kappa shape index (κ2) is 8.11. The highest BCUT2D eigenvalue weighted by Crippen LogP contribution is 2.32. The van der Waals surface area contributed by atoms with Crippen molar-refractivity contribution in [2.24, 2.45) is 0 Å². The van der Waals surface area contributed by atoms with Crippen molar-refractivity contribution >= 4 is 22.9 Å². The zero-order valence-corrected chi connectivity index (χ0v) is 18.9. The summed E-state index contributed by atoms with van der Waals surface area (Å²) in [5, 5.41) is 3.32. The van der Waals surface area contributed by atoms with Crippen LogP contribution in [0.4, 0.5) is 5.69 Å². The number of likely N-dealkylation sites (N-methyl/N-ethyl adjacent to an activating group) is 1. The highest BCUT2D eigenvalue weighted by Gasteiger charge is 2.26. The van der Waals surface area contributed by atoms with Crippen LogP contribution < -0.4 is 10.2 Å². The predicted molar refractivity (Wildman–Crippen MR) is 122 cm³/mol. The molecule has 2 aliphatic rings.